The number of ether oxygens (including phenoxy) is 1. The molecule has 0 bridgehead atoms. The number of amides is 1. The van der Waals surface area contributed by atoms with E-state index in [1.54, 1.807) is 0 Å². The fourth-order valence-electron chi connectivity index (χ4n) is 1.34. The third kappa shape index (κ3) is 5.92. The largest absolute Gasteiger partial charge is 0.493 e. The molecule has 4 nitrogen and oxygen atoms in total. The topological polar surface area (TPSA) is 64.3 Å². The van der Waals surface area contributed by atoms with Crippen LogP contribution in [-0.4, -0.2) is 18.6 Å². The van der Waals surface area contributed by atoms with Crippen LogP contribution in [0.5, 0.6) is 5.75 Å². The highest BCUT2D eigenvalue weighted by Gasteiger charge is 1.99. The Hall–Kier alpha value is -1.55. The molecule has 94 valence electrons. The van der Waals surface area contributed by atoms with Crippen molar-refractivity contribution in [3.05, 3.63) is 29.8 Å². The number of hydrogen-bond donors (Lipinski definition) is 2. The van der Waals surface area contributed by atoms with E-state index < -0.39 is 0 Å². The van der Waals surface area contributed by atoms with Crippen molar-refractivity contribution >= 4 is 5.91 Å². The molecule has 3 N–H and O–H groups in total. The summed E-state index contributed by atoms with van der Waals surface area (Å²) in [5.74, 6) is 0.428. The summed E-state index contributed by atoms with van der Waals surface area (Å²) in [5.41, 5.74) is 6.20. The van der Waals surface area contributed by atoms with E-state index in [-0.39, 0.29) is 12.3 Å². The first-order valence-electron chi connectivity index (χ1n) is 5.81. The Kier molecular flexibility index (Phi) is 5.49. The van der Waals surface area contributed by atoms with Crippen molar-refractivity contribution in [1.29, 1.82) is 0 Å². The molecule has 0 aromatic heterocycles. The molecule has 1 amide bonds. The highest BCUT2D eigenvalue weighted by atomic mass is 16.5. The van der Waals surface area contributed by atoms with Crippen molar-refractivity contribution in [3.63, 3.8) is 0 Å². The summed E-state index contributed by atoms with van der Waals surface area (Å²) in [6.07, 6.45) is 0.245. The fourth-order valence-corrected chi connectivity index (χ4v) is 1.34. The van der Waals surface area contributed by atoms with Gasteiger partial charge in [-0.05, 0) is 17.7 Å². The molecule has 0 aliphatic rings. The predicted octanol–water partition coefficient (Wildman–Crippen LogP) is 1.44. The van der Waals surface area contributed by atoms with Gasteiger partial charge in [0, 0.05) is 12.6 Å². The fraction of sp³-hybridized carbons (Fsp3) is 0.462. The van der Waals surface area contributed by atoms with Gasteiger partial charge in [0.1, 0.15) is 5.75 Å². The molecule has 1 aromatic rings. The van der Waals surface area contributed by atoms with Crippen LogP contribution >= 0.6 is 0 Å². The summed E-state index contributed by atoms with van der Waals surface area (Å²) in [6.45, 7) is 5.35. The normalized spacial score (nSPS) is 10.5. The number of primary amides is 1. The van der Waals surface area contributed by atoms with Crippen molar-refractivity contribution in [2.45, 2.75) is 32.9 Å². The van der Waals surface area contributed by atoms with Crippen LogP contribution in [0.1, 0.15) is 25.8 Å². The van der Waals surface area contributed by atoms with Crippen LogP contribution in [0.4, 0.5) is 0 Å². The lowest BCUT2D eigenvalue weighted by Crippen LogP contribution is -2.21. The van der Waals surface area contributed by atoms with E-state index in [1.807, 2.05) is 24.3 Å². The second kappa shape index (κ2) is 6.91. The quantitative estimate of drug-likeness (QED) is 0.753. The molecule has 1 rings (SSSR count). The molecule has 0 heterocycles. The Morgan fingerprint density at radius 3 is 2.88 bits per heavy atom. The Morgan fingerprint density at radius 2 is 2.24 bits per heavy atom. The van der Waals surface area contributed by atoms with Gasteiger partial charge in [-0.1, -0.05) is 26.0 Å². The Labute approximate surface area is 102 Å². The van der Waals surface area contributed by atoms with Crippen LogP contribution in [0.3, 0.4) is 0 Å². The minimum absolute atomic E-state index is 0.245. The number of carbonyl (C=O) groups excluding carboxylic acids is 1. The smallest absolute Gasteiger partial charge is 0.220 e. The number of benzene rings is 1. The van der Waals surface area contributed by atoms with Gasteiger partial charge in [-0.2, -0.15) is 0 Å². The minimum Gasteiger partial charge on any atom is -0.493 e. The zero-order valence-corrected chi connectivity index (χ0v) is 10.4. The van der Waals surface area contributed by atoms with Crippen LogP contribution in [0, 0.1) is 0 Å². The molecule has 4 heteroatoms. The first kappa shape index (κ1) is 13.5. The van der Waals surface area contributed by atoms with Crippen molar-refractivity contribution in [2.24, 2.45) is 5.73 Å². The van der Waals surface area contributed by atoms with E-state index in [2.05, 4.69) is 19.2 Å². The van der Waals surface area contributed by atoms with Crippen molar-refractivity contribution in [1.82, 2.24) is 5.32 Å². The Bertz CT molecular complexity index is 364. The summed E-state index contributed by atoms with van der Waals surface area (Å²) < 4.78 is 5.44. The molecule has 0 fully saturated rings. The van der Waals surface area contributed by atoms with E-state index in [0.29, 0.717) is 12.6 Å². The van der Waals surface area contributed by atoms with Gasteiger partial charge in [-0.3, -0.25) is 4.79 Å². The van der Waals surface area contributed by atoms with Crippen molar-refractivity contribution in [2.75, 3.05) is 6.61 Å². The molecule has 0 atom stereocenters. The van der Waals surface area contributed by atoms with Gasteiger partial charge in [-0.15, -0.1) is 0 Å². The summed E-state index contributed by atoms with van der Waals surface area (Å²) in [6, 6.07) is 8.28. The molecule has 1 aromatic carbocycles. The van der Waals surface area contributed by atoms with Gasteiger partial charge in [0.05, 0.1) is 13.0 Å². The second-order valence-electron chi connectivity index (χ2n) is 4.25. The average Bonchev–Trinajstić information content (AvgIpc) is 2.26. The summed E-state index contributed by atoms with van der Waals surface area (Å²) in [5, 5.41) is 3.33. The average molecular weight is 236 g/mol. The van der Waals surface area contributed by atoms with Crippen LogP contribution in [0.15, 0.2) is 24.3 Å². The number of hydrogen-bond acceptors (Lipinski definition) is 3. The van der Waals surface area contributed by atoms with Gasteiger partial charge < -0.3 is 15.8 Å². The van der Waals surface area contributed by atoms with Crippen LogP contribution in [0.2, 0.25) is 0 Å². The molecular weight excluding hydrogens is 216 g/mol. The van der Waals surface area contributed by atoms with Gasteiger partial charge >= 0.3 is 0 Å². The maximum atomic E-state index is 10.6. The lowest BCUT2D eigenvalue weighted by Gasteiger charge is -2.10. The number of rotatable bonds is 7. The lowest BCUT2D eigenvalue weighted by molar-refractivity contribution is -0.118. The van der Waals surface area contributed by atoms with Gasteiger partial charge in [0.2, 0.25) is 5.91 Å². The van der Waals surface area contributed by atoms with E-state index in [9.17, 15) is 4.79 Å². The highest BCUT2D eigenvalue weighted by molar-refractivity contribution is 5.73. The molecule has 0 aliphatic heterocycles. The molecule has 17 heavy (non-hydrogen) atoms. The lowest BCUT2D eigenvalue weighted by atomic mass is 10.2. The Morgan fingerprint density at radius 1 is 1.47 bits per heavy atom. The number of carbonyl (C=O) groups is 1. The zero-order chi connectivity index (χ0) is 12.7. The maximum absolute atomic E-state index is 10.6. The predicted molar refractivity (Wildman–Crippen MR) is 67.7 cm³/mol. The van der Waals surface area contributed by atoms with E-state index in [4.69, 9.17) is 10.5 Å². The van der Waals surface area contributed by atoms with Crippen molar-refractivity contribution < 1.29 is 9.53 Å². The SMILES string of the molecule is CC(C)NCc1cccc(OCCC(N)=O)c1. The third-order valence-electron chi connectivity index (χ3n) is 2.23. The maximum Gasteiger partial charge on any atom is 0.220 e. The molecule has 0 aliphatic carbocycles. The molecule has 0 spiro atoms. The van der Waals surface area contributed by atoms with Gasteiger partial charge in [0.25, 0.3) is 0 Å². The van der Waals surface area contributed by atoms with E-state index in [1.165, 1.54) is 0 Å². The van der Waals surface area contributed by atoms with Gasteiger partial charge in [-0.25, -0.2) is 0 Å². The van der Waals surface area contributed by atoms with Crippen LogP contribution in [-0.2, 0) is 11.3 Å². The summed E-state index contributed by atoms with van der Waals surface area (Å²) >= 11 is 0. The Balaban J connectivity index is 2.45. The molecule has 0 radical (unpaired) electrons. The van der Waals surface area contributed by atoms with Crippen LogP contribution in [0.25, 0.3) is 0 Å². The summed E-state index contributed by atoms with van der Waals surface area (Å²) in [4.78, 5) is 10.6. The summed E-state index contributed by atoms with van der Waals surface area (Å²) in [7, 11) is 0. The second-order valence-corrected chi connectivity index (χ2v) is 4.25. The first-order chi connectivity index (χ1) is 8.08. The van der Waals surface area contributed by atoms with Crippen molar-refractivity contribution in [3.8, 4) is 5.75 Å². The minimum atomic E-state index is -0.345. The molecular formula is C13H20N2O2. The molecule has 0 saturated heterocycles. The molecule has 0 saturated carbocycles. The van der Waals surface area contributed by atoms with E-state index >= 15 is 0 Å². The first-order valence-corrected chi connectivity index (χ1v) is 5.81. The standard InChI is InChI=1S/C13H20N2O2/c1-10(2)15-9-11-4-3-5-12(8-11)17-7-6-13(14)16/h3-5,8,10,15H,6-7,9H2,1-2H3,(H2,14,16). The van der Waals surface area contributed by atoms with Gasteiger partial charge in [0.15, 0.2) is 0 Å². The monoisotopic (exact) mass is 236 g/mol. The highest BCUT2D eigenvalue weighted by Crippen LogP contribution is 2.13. The zero-order valence-electron chi connectivity index (χ0n) is 10.4. The number of nitrogens with two attached hydrogens (primary N) is 1. The third-order valence-corrected chi connectivity index (χ3v) is 2.23. The number of nitrogens with one attached hydrogen (secondary N) is 1. The van der Waals surface area contributed by atoms with E-state index in [0.717, 1.165) is 17.9 Å². The van der Waals surface area contributed by atoms with Crippen LogP contribution < -0.4 is 15.8 Å². The molecule has 0 unspecified atom stereocenters.